The highest BCUT2D eigenvalue weighted by molar-refractivity contribution is 6.04. The highest BCUT2D eigenvalue weighted by Crippen LogP contribution is 2.23. The zero-order chi connectivity index (χ0) is 14.9. The van der Waals surface area contributed by atoms with E-state index in [2.05, 4.69) is 5.32 Å². The topological polar surface area (TPSA) is 29.1 Å². The highest BCUT2D eigenvalue weighted by atomic mass is 19.1. The van der Waals surface area contributed by atoms with Crippen LogP contribution in [0.5, 0.6) is 0 Å². The Labute approximate surface area is 114 Å². The second-order valence-electron chi connectivity index (χ2n) is 4.49. The lowest BCUT2D eigenvalue weighted by molar-refractivity contribution is 0.102. The van der Waals surface area contributed by atoms with Crippen LogP contribution in [0.4, 0.5) is 18.9 Å². The number of amides is 1. The van der Waals surface area contributed by atoms with Crippen LogP contribution in [-0.2, 0) is 0 Å². The van der Waals surface area contributed by atoms with Gasteiger partial charge in [0.15, 0.2) is 5.82 Å². The average molecular weight is 279 g/mol. The van der Waals surface area contributed by atoms with E-state index in [1.54, 1.807) is 6.92 Å². The quantitative estimate of drug-likeness (QED) is 0.885. The van der Waals surface area contributed by atoms with Gasteiger partial charge in [0.1, 0.15) is 17.3 Å². The molecule has 0 aliphatic rings. The molecule has 0 atom stereocenters. The number of hydrogen-bond donors (Lipinski definition) is 1. The maximum atomic E-state index is 13.8. The van der Waals surface area contributed by atoms with E-state index in [1.165, 1.54) is 25.1 Å². The van der Waals surface area contributed by atoms with Crippen molar-refractivity contribution in [1.82, 2.24) is 0 Å². The molecule has 1 N–H and O–H groups in total. The number of halogens is 3. The summed E-state index contributed by atoms with van der Waals surface area (Å²) in [7, 11) is 0. The summed E-state index contributed by atoms with van der Waals surface area (Å²) in [6.07, 6.45) is 0. The van der Waals surface area contributed by atoms with Crippen LogP contribution >= 0.6 is 0 Å². The third kappa shape index (κ3) is 2.66. The van der Waals surface area contributed by atoms with Crippen LogP contribution in [-0.4, -0.2) is 5.91 Å². The fourth-order valence-electron chi connectivity index (χ4n) is 1.77. The highest BCUT2D eigenvalue weighted by Gasteiger charge is 2.17. The van der Waals surface area contributed by atoms with E-state index in [1.807, 2.05) is 0 Å². The van der Waals surface area contributed by atoms with Gasteiger partial charge in [0, 0.05) is 0 Å². The van der Waals surface area contributed by atoms with Crippen molar-refractivity contribution >= 4 is 11.6 Å². The summed E-state index contributed by atoms with van der Waals surface area (Å²) in [6.45, 7) is 3.13. The molecule has 0 aromatic heterocycles. The zero-order valence-electron chi connectivity index (χ0n) is 10.9. The zero-order valence-corrected chi connectivity index (χ0v) is 10.9. The molecule has 0 heterocycles. The molecule has 0 spiro atoms. The third-order valence-electron chi connectivity index (χ3n) is 2.89. The second-order valence-corrected chi connectivity index (χ2v) is 4.49. The molecule has 0 aliphatic carbocycles. The summed E-state index contributed by atoms with van der Waals surface area (Å²) in [4.78, 5) is 11.9. The number of carbonyl (C=O) groups is 1. The van der Waals surface area contributed by atoms with Gasteiger partial charge in [0.05, 0.1) is 5.56 Å². The largest absolute Gasteiger partial charge is 0.317 e. The van der Waals surface area contributed by atoms with Gasteiger partial charge in [-0.1, -0.05) is 17.7 Å². The van der Waals surface area contributed by atoms with Crippen molar-refractivity contribution < 1.29 is 18.0 Å². The minimum atomic E-state index is -0.908. The lowest BCUT2D eigenvalue weighted by Crippen LogP contribution is -2.16. The van der Waals surface area contributed by atoms with Gasteiger partial charge in [0.25, 0.3) is 5.91 Å². The lowest BCUT2D eigenvalue weighted by atomic mass is 10.1. The Hall–Kier alpha value is -2.30. The molecule has 104 valence electrons. The monoisotopic (exact) mass is 279 g/mol. The first-order chi connectivity index (χ1) is 9.40. The van der Waals surface area contributed by atoms with Crippen molar-refractivity contribution in [1.29, 1.82) is 0 Å². The van der Waals surface area contributed by atoms with Crippen LogP contribution < -0.4 is 5.32 Å². The van der Waals surface area contributed by atoms with Crippen LogP contribution in [0.15, 0.2) is 30.3 Å². The van der Waals surface area contributed by atoms with Gasteiger partial charge < -0.3 is 5.32 Å². The molecule has 2 aromatic carbocycles. The van der Waals surface area contributed by atoms with Gasteiger partial charge in [0.2, 0.25) is 0 Å². The molecule has 1 amide bonds. The summed E-state index contributed by atoms with van der Waals surface area (Å²) in [5.41, 5.74) is 0.0226. The predicted molar refractivity (Wildman–Crippen MR) is 70.2 cm³/mol. The summed E-state index contributed by atoms with van der Waals surface area (Å²) < 4.78 is 40.9. The smallest absolute Gasteiger partial charge is 0.258 e. The number of hydrogen-bond acceptors (Lipinski definition) is 1. The number of nitrogens with one attached hydrogen (secondary N) is 1. The summed E-state index contributed by atoms with van der Waals surface area (Å²) in [5.74, 6) is -3.42. The van der Waals surface area contributed by atoms with Gasteiger partial charge in [-0.2, -0.15) is 0 Å². The van der Waals surface area contributed by atoms with Crippen molar-refractivity contribution in [3.8, 4) is 0 Å². The lowest BCUT2D eigenvalue weighted by Gasteiger charge is -2.10. The van der Waals surface area contributed by atoms with Crippen LogP contribution in [0.1, 0.15) is 21.5 Å². The van der Waals surface area contributed by atoms with Crippen molar-refractivity contribution in [2.75, 3.05) is 5.32 Å². The molecule has 0 saturated heterocycles. The van der Waals surface area contributed by atoms with E-state index < -0.39 is 29.0 Å². The van der Waals surface area contributed by atoms with E-state index in [0.717, 1.165) is 12.1 Å². The molecule has 0 aliphatic heterocycles. The summed E-state index contributed by atoms with van der Waals surface area (Å²) in [5, 5.41) is 2.07. The first-order valence-corrected chi connectivity index (χ1v) is 5.92. The van der Waals surface area contributed by atoms with Gasteiger partial charge in [-0.05, 0) is 37.6 Å². The predicted octanol–water partition coefficient (Wildman–Crippen LogP) is 3.97. The van der Waals surface area contributed by atoms with E-state index in [4.69, 9.17) is 0 Å². The van der Waals surface area contributed by atoms with Crippen molar-refractivity contribution in [3.05, 3.63) is 64.5 Å². The first kappa shape index (κ1) is 14.1. The molecular formula is C15H12F3NO. The summed E-state index contributed by atoms with van der Waals surface area (Å²) in [6, 6.07) is 6.25. The van der Waals surface area contributed by atoms with Gasteiger partial charge in [-0.3, -0.25) is 4.79 Å². The molecule has 0 unspecified atom stereocenters. The van der Waals surface area contributed by atoms with Crippen molar-refractivity contribution in [2.45, 2.75) is 13.8 Å². The normalized spacial score (nSPS) is 10.4. The van der Waals surface area contributed by atoms with E-state index in [0.29, 0.717) is 5.56 Å². The minimum Gasteiger partial charge on any atom is -0.317 e. The Morgan fingerprint density at radius 3 is 2.35 bits per heavy atom. The number of anilines is 1. The van der Waals surface area contributed by atoms with Crippen LogP contribution in [0.25, 0.3) is 0 Å². The Kier molecular flexibility index (Phi) is 3.79. The van der Waals surface area contributed by atoms with Gasteiger partial charge in [-0.15, -0.1) is 0 Å². The first-order valence-electron chi connectivity index (χ1n) is 5.92. The van der Waals surface area contributed by atoms with Gasteiger partial charge >= 0.3 is 0 Å². The van der Waals surface area contributed by atoms with E-state index >= 15 is 0 Å². The standard InChI is InChI=1S/C15H12F3NO/c1-8-3-5-11(16)10(7-8)15(20)19-14-12(17)6-4-9(2)13(14)18/h3-7H,1-2H3,(H,19,20). The van der Waals surface area contributed by atoms with Crippen molar-refractivity contribution in [3.63, 3.8) is 0 Å². The molecule has 0 bridgehead atoms. The van der Waals surface area contributed by atoms with E-state index in [-0.39, 0.29) is 11.1 Å². The Morgan fingerprint density at radius 2 is 1.65 bits per heavy atom. The second kappa shape index (κ2) is 5.36. The van der Waals surface area contributed by atoms with Crippen LogP contribution in [0.3, 0.4) is 0 Å². The van der Waals surface area contributed by atoms with Crippen LogP contribution in [0, 0.1) is 31.3 Å². The van der Waals surface area contributed by atoms with Crippen LogP contribution in [0.2, 0.25) is 0 Å². The number of aryl methyl sites for hydroxylation is 2. The molecule has 0 saturated carbocycles. The number of benzene rings is 2. The summed E-state index contributed by atoms with van der Waals surface area (Å²) >= 11 is 0. The average Bonchev–Trinajstić information content (AvgIpc) is 2.41. The molecule has 2 rings (SSSR count). The van der Waals surface area contributed by atoms with E-state index in [9.17, 15) is 18.0 Å². The third-order valence-corrected chi connectivity index (χ3v) is 2.89. The molecule has 2 nitrogen and oxygen atoms in total. The Bertz CT molecular complexity index is 683. The van der Waals surface area contributed by atoms with Crippen molar-refractivity contribution in [2.24, 2.45) is 0 Å². The fourth-order valence-corrected chi connectivity index (χ4v) is 1.77. The maximum absolute atomic E-state index is 13.8. The number of carbonyl (C=O) groups excluding carboxylic acids is 1. The molecule has 0 radical (unpaired) electrons. The molecule has 0 fully saturated rings. The maximum Gasteiger partial charge on any atom is 0.258 e. The Balaban J connectivity index is 2.38. The Morgan fingerprint density at radius 1 is 1.00 bits per heavy atom. The fraction of sp³-hybridized carbons (Fsp3) is 0.133. The SMILES string of the molecule is Cc1ccc(F)c(C(=O)Nc2c(F)ccc(C)c2F)c1. The molecule has 2 aromatic rings. The molecular weight excluding hydrogens is 267 g/mol. The molecule has 5 heteroatoms. The number of rotatable bonds is 2. The molecule has 20 heavy (non-hydrogen) atoms. The minimum absolute atomic E-state index is 0.186. The van der Waals surface area contributed by atoms with Gasteiger partial charge in [-0.25, -0.2) is 13.2 Å².